The van der Waals surface area contributed by atoms with Crippen LogP contribution in [0, 0.1) is 12.8 Å². The molecule has 0 bridgehead atoms. The number of hydrogen-bond acceptors (Lipinski definition) is 4. The summed E-state index contributed by atoms with van der Waals surface area (Å²) >= 11 is 12.0. The molecule has 1 heterocycles. The van der Waals surface area contributed by atoms with Crippen molar-refractivity contribution in [3.63, 3.8) is 0 Å². The molecular formula is C19H19Cl2N3O3. The number of aryl methyl sites for hydroxylation is 1. The van der Waals surface area contributed by atoms with Gasteiger partial charge in [0.1, 0.15) is 5.75 Å². The van der Waals surface area contributed by atoms with Crippen molar-refractivity contribution in [3.8, 4) is 5.75 Å². The number of carbonyl (C=O) groups is 2. The quantitative estimate of drug-likeness (QED) is 0.752. The first-order valence-corrected chi connectivity index (χ1v) is 9.06. The lowest BCUT2D eigenvalue weighted by atomic mass is 10.1. The monoisotopic (exact) mass is 407 g/mol. The number of amides is 2. The van der Waals surface area contributed by atoms with Gasteiger partial charge in [-0.25, -0.2) is 0 Å². The van der Waals surface area contributed by atoms with Crippen LogP contribution in [0.3, 0.4) is 0 Å². The molecule has 0 aliphatic carbocycles. The Balaban J connectivity index is 1.77. The fourth-order valence-electron chi connectivity index (χ4n) is 3.03. The lowest BCUT2D eigenvalue weighted by molar-refractivity contribution is -0.122. The number of nitrogens with zero attached hydrogens (tertiary/aromatic N) is 1. The Morgan fingerprint density at radius 1 is 1.26 bits per heavy atom. The maximum absolute atomic E-state index is 12.6. The lowest BCUT2D eigenvalue weighted by Gasteiger charge is -2.20. The van der Waals surface area contributed by atoms with Crippen LogP contribution >= 0.6 is 23.2 Å². The molecule has 0 unspecified atom stereocenters. The molecule has 6 nitrogen and oxygen atoms in total. The van der Waals surface area contributed by atoms with Crippen molar-refractivity contribution in [2.45, 2.75) is 13.3 Å². The van der Waals surface area contributed by atoms with E-state index in [9.17, 15) is 9.59 Å². The number of carbonyl (C=O) groups excluding carboxylic acids is 2. The Labute approximate surface area is 167 Å². The number of nitrogens with one attached hydrogen (secondary N) is 1. The summed E-state index contributed by atoms with van der Waals surface area (Å²) in [5.41, 5.74) is 8.05. The SMILES string of the molecule is COc1ccc(C)cc1N1C[C@H](C(=O)Nc2cc(Cl)c(N)c(Cl)c2)CC1=O. The first kappa shape index (κ1) is 19.3. The first-order valence-electron chi connectivity index (χ1n) is 8.30. The highest BCUT2D eigenvalue weighted by atomic mass is 35.5. The molecule has 0 saturated carbocycles. The van der Waals surface area contributed by atoms with E-state index in [1.54, 1.807) is 12.0 Å². The Bertz CT molecular complexity index is 894. The molecule has 1 atom stereocenters. The molecule has 2 amide bonds. The van der Waals surface area contributed by atoms with E-state index in [0.717, 1.165) is 5.56 Å². The van der Waals surface area contributed by atoms with Crippen molar-refractivity contribution in [1.82, 2.24) is 0 Å². The molecule has 1 fully saturated rings. The highest BCUT2D eigenvalue weighted by molar-refractivity contribution is 6.39. The molecule has 2 aromatic rings. The minimum Gasteiger partial charge on any atom is -0.495 e. The average molecular weight is 408 g/mol. The van der Waals surface area contributed by atoms with Gasteiger partial charge in [-0.05, 0) is 36.8 Å². The maximum atomic E-state index is 12.6. The Morgan fingerprint density at radius 3 is 2.56 bits per heavy atom. The van der Waals surface area contributed by atoms with Gasteiger partial charge in [0.25, 0.3) is 0 Å². The largest absolute Gasteiger partial charge is 0.495 e. The zero-order chi connectivity index (χ0) is 19.7. The second-order valence-corrected chi connectivity index (χ2v) is 7.24. The van der Waals surface area contributed by atoms with Gasteiger partial charge < -0.3 is 20.7 Å². The zero-order valence-corrected chi connectivity index (χ0v) is 16.4. The molecule has 1 aliphatic rings. The zero-order valence-electron chi connectivity index (χ0n) is 14.9. The number of halogens is 2. The normalized spacial score (nSPS) is 16.5. The second-order valence-electron chi connectivity index (χ2n) is 6.42. The van der Waals surface area contributed by atoms with Crippen LogP contribution in [0.15, 0.2) is 30.3 Å². The fraction of sp³-hybridized carbons (Fsp3) is 0.263. The van der Waals surface area contributed by atoms with E-state index in [2.05, 4.69) is 5.32 Å². The highest BCUT2D eigenvalue weighted by Crippen LogP contribution is 2.35. The molecule has 8 heteroatoms. The van der Waals surface area contributed by atoms with E-state index in [-0.39, 0.29) is 40.5 Å². The van der Waals surface area contributed by atoms with Crippen LogP contribution in [0.25, 0.3) is 0 Å². The Kier molecular flexibility index (Phi) is 5.48. The van der Waals surface area contributed by atoms with Crippen LogP contribution in [0.2, 0.25) is 10.0 Å². The average Bonchev–Trinajstić information content (AvgIpc) is 3.01. The van der Waals surface area contributed by atoms with Gasteiger partial charge in [0, 0.05) is 18.7 Å². The molecule has 1 saturated heterocycles. The number of rotatable bonds is 4. The molecule has 0 spiro atoms. The predicted molar refractivity (Wildman–Crippen MR) is 108 cm³/mol. The smallest absolute Gasteiger partial charge is 0.229 e. The third kappa shape index (κ3) is 3.96. The van der Waals surface area contributed by atoms with E-state index in [0.29, 0.717) is 17.1 Å². The van der Waals surface area contributed by atoms with Crippen molar-refractivity contribution in [1.29, 1.82) is 0 Å². The number of ether oxygens (including phenoxy) is 1. The van der Waals surface area contributed by atoms with Gasteiger partial charge >= 0.3 is 0 Å². The van der Waals surface area contributed by atoms with Crippen LogP contribution in [-0.2, 0) is 9.59 Å². The molecule has 3 N–H and O–H groups in total. The van der Waals surface area contributed by atoms with Crippen LogP contribution in [0.5, 0.6) is 5.75 Å². The summed E-state index contributed by atoms with van der Waals surface area (Å²) in [5.74, 6) is -0.327. The summed E-state index contributed by atoms with van der Waals surface area (Å²) in [5, 5.41) is 3.26. The number of hydrogen-bond donors (Lipinski definition) is 2. The minimum absolute atomic E-state index is 0.110. The molecule has 3 rings (SSSR count). The summed E-state index contributed by atoms with van der Waals surface area (Å²) in [6, 6.07) is 8.64. The molecule has 0 radical (unpaired) electrons. The van der Waals surface area contributed by atoms with Crippen molar-refractivity contribution >= 4 is 52.1 Å². The van der Waals surface area contributed by atoms with Crippen molar-refractivity contribution in [2.75, 3.05) is 29.6 Å². The van der Waals surface area contributed by atoms with Crippen LogP contribution in [0.1, 0.15) is 12.0 Å². The van der Waals surface area contributed by atoms with Crippen molar-refractivity contribution in [3.05, 3.63) is 45.9 Å². The summed E-state index contributed by atoms with van der Waals surface area (Å²) in [4.78, 5) is 26.7. The summed E-state index contributed by atoms with van der Waals surface area (Å²) in [7, 11) is 1.55. The standard InChI is InChI=1S/C19H19Cl2N3O3/c1-10-3-4-16(27-2)15(5-10)24-9-11(6-17(24)25)19(26)23-12-7-13(20)18(22)14(21)8-12/h3-5,7-8,11H,6,9,22H2,1-2H3,(H,23,26)/t11-/m1/s1. The van der Waals surface area contributed by atoms with Gasteiger partial charge in [-0.15, -0.1) is 0 Å². The van der Waals surface area contributed by atoms with E-state index in [4.69, 9.17) is 33.7 Å². The van der Waals surface area contributed by atoms with Gasteiger partial charge in [0.05, 0.1) is 34.4 Å². The number of nitrogens with two attached hydrogens (primary N) is 1. The van der Waals surface area contributed by atoms with Crippen LogP contribution in [-0.4, -0.2) is 25.5 Å². The van der Waals surface area contributed by atoms with E-state index >= 15 is 0 Å². The maximum Gasteiger partial charge on any atom is 0.229 e. The van der Waals surface area contributed by atoms with Gasteiger partial charge in [-0.2, -0.15) is 0 Å². The number of methoxy groups -OCH3 is 1. The van der Waals surface area contributed by atoms with Gasteiger partial charge in [0.2, 0.25) is 11.8 Å². The van der Waals surface area contributed by atoms with E-state index in [1.807, 2.05) is 25.1 Å². The summed E-state index contributed by atoms with van der Waals surface area (Å²) in [6.07, 6.45) is 0.110. The summed E-state index contributed by atoms with van der Waals surface area (Å²) < 4.78 is 5.35. The third-order valence-corrected chi connectivity index (χ3v) is 5.09. The Hall–Kier alpha value is -2.44. The predicted octanol–water partition coefficient (Wildman–Crippen LogP) is 3.88. The van der Waals surface area contributed by atoms with E-state index < -0.39 is 5.92 Å². The van der Waals surface area contributed by atoms with Gasteiger partial charge in [-0.1, -0.05) is 29.3 Å². The first-order chi connectivity index (χ1) is 12.8. The molecule has 0 aromatic heterocycles. The van der Waals surface area contributed by atoms with Crippen molar-refractivity contribution in [2.24, 2.45) is 5.92 Å². The second kappa shape index (κ2) is 7.66. The van der Waals surface area contributed by atoms with Gasteiger partial charge in [-0.3, -0.25) is 9.59 Å². The number of anilines is 3. The summed E-state index contributed by atoms with van der Waals surface area (Å²) in [6.45, 7) is 2.20. The highest BCUT2D eigenvalue weighted by Gasteiger charge is 2.36. The Morgan fingerprint density at radius 2 is 1.93 bits per heavy atom. The van der Waals surface area contributed by atoms with Gasteiger partial charge in [0.15, 0.2) is 0 Å². The molecule has 142 valence electrons. The fourth-order valence-corrected chi connectivity index (χ4v) is 3.51. The van der Waals surface area contributed by atoms with E-state index in [1.165, 1.54) is 12.1 Å². The topological polar surface area (TPSA) is 84.7 Å². The minimum atomic E-state index is -0.502. The third-order valence-electron chi connectivity index (χ3n) is 4.47. The molecule has 2 aromatic carbocycles. The number of nitrogen functional groups attached to an aromatic ring is 1. The lowest BCUT2D eigenvalue weighted by Crippen LogP contribution is -2.28. The van der Waals surface area contributed by atoms with Crippen LogP contribution < -0.4 is 20.7 Å². The van der Waals surface area contributed by atoms with Crippen LogP contribution in [0.4, 0.5) is 17.1 Å². The molecule has 27 heavy (non-hydrogen) atoms. The molecule has 1 aliphatic heterocycles. The molecular weight excluding hydrogens is 389 g/mol. The number of benzene rings is 2. The van der Waals surface area contributed by atoms with Crippen molar-refractivity contribution < 1.29 is 14.3 Å².